The number of fused-ring (bicyclic) bond motifs is 3. The van der Waals surface area contributed by atoms with Gasteiger partial charge < -0.3 is 10.1 Å². The lowest BCUT2D eigenvalue weighted by molar-refractivity contribution is 0.251. The number of rotatable bonds is 1. The van der Waals surface area contributed by atoms with Gasteiger partial charge in [0, 0.05) is 30.2 Å². The van der Waals surface area contributed by atoms with E-state index in [0.29, 0.717) is 0 Å². The summed E-state index contributed by atoms with van der Waals surface area (Å²) in [6, 6.07) is 7.56. The summed E-state index contributed by atoms with van der Waals surface area (Å²) < 4.78 is 1.06. The summed E-state index contributed by atoms with van der Waals surface area (Å²) in [7, 11) is 3.34. The summed E-state index contributed by atoms with van der Waals surface area (Å²) in [6.07, 6.45) is 0.858. The van der Waals surface area contributed by atoms with Gasteiger partial charge in [0.15, 0.2) is 0 Å². The molecule has 0 saturated heterocycles. The molecule has 3 N–H and O–H groups in total. The normalized spacial score (nSPS) is 18.0. The standard InChI is InChI=1S/C17H18N4O3/c1-20-8-7-10-9-5-3-4-6-11(9)18-13(10)14(20)12-15(22)19-17(24)21(2)16(12)23/h3-6,14,18,23H,7-8H2,1-2H3,(H,19,22,24)/t14-/m0/s1. The lowest BCUT2D eigenvalue weighted by Gasteiger charge is -2.32. The largest absolute Gasteiger partial charge is 0.494 e. The fraction of sp³-hybridized carbons (Fsp3) is 0.294. The summed E-state index contributed by atoms with van der Waals surface area (Å²) in [4.78, 5) is 31.8. The van der Waals surface area contributed by atoms with E-state index in [9.17, 15) is 14.7 Å². The highest BCUT2D eigenvalue weighted by atomic mass is 16.3. The smallest absolute Gasteiger partial charge is 0.330 e. The summed E-state index contributed by atoms with van der Waals surface area (Å²) >= 11 is 0. The Kier molecular flexibility index (Phi) is 3.14. The highest BCUT2D eigenvalue weighted by molar-refractivity contribution is 5.85. The van der Waals surface area contributed by atoms with Gasteiger partial charge in [-0.25, -0.2) is 4.79 Å². The molecule has 0 amide bonds. The summed E-state index contributed by atoms with van der Waals surface area (Å²) in [6.45, 7) is 0.751. The number of nitrogens with zero attached hydrogens (tertiary/aromatic N) is 2. The van der Waals surface area contributed by atoms with Gasteiger partial charge in [-0.05, 0) is 25.1 Å². The number of benzene rings is 1. The van der Waals surface area contributed by atoms with Crippen LogP contribution in [-0.4, -0.2) is 38.1 Å². The minimum absolute atomic E-state index is 0.187. The van der Waals surface area contributed by atoms with Crippen LogP contribution < -0.4 is 11.2 Å². The van der Waals surface area contributed by atoms with Gasteiger partial charge in [0.05, 0.1) is 6.04 Å². The van der Waals surface area contributed by atoms with Gasteiger partial charge in [0.2, 0.25) is 5.88 Å². The number of hydrogen-bond donors (Lipinski definition) is 3. The highest BCUT2D eigenvalue weighted by Gasteiger charge is 2.34. The molecular weight excluding hydrogens is 308 g/mol. The minimum atomic E-state index is -0.628. The SMILES string of the molecule is CN1CCc2c([nH]c3ccccc23)[C@@H]1c1c(O)n(C)c(=O)[nH]c1=O. The number of nitrogens with one attached hydrogen (secondary N) is 2. The van der Waals surface area contributed by atoms with E-state index in [2.05, 4.69) is 16.0 Å². The van der Waals surface area contributed by atoms with Crippen LogP contribution in [0.3, 0.4) is 0 Å². The number of aromatic amines is 2. The third-order valence-electron chi connectivity index (χ3n) is 4.88. The van der Waals surface area contributed by atoms with Crippen molar-refractivity contribution in [3.8, 4) is 5.88 Å². The van der Waals surface area contributed by atoms with Crippen LogP contribution in [0.15, 0.2) is 33.9 Å². The maximum absolute atomic E-state index is 12.4. The zero-order chi connectivity index (χ0) is 17.0. The predicted molar refractivity (Wildman–Crippen MR) is 90.4 cm³/mol. The number of aromatic hydroxyl groups is 1. The molecule has 0 fully saturated rings. The van der Waals surface area contributed by atoms with Crippen molar-refractivity contribution in [1.82, 2.24) is 19.4 Å². The Labute approximate surface area is 137 Å². The molecular formula is C17H18N4O3. The van der Waals surface area contributed by atoms with Crippen molar-refractivity contribution < 1.29 is 5.11 Å². The number of para-hydroxylation sites is 1. The van der Waals surface area contributed by atoms with Gasteiger partial charge in [0.1, 0.15) is 5.56 Å². The number of likely N-dealkylation sites (N-methyl/N-ethyl adjacent to an activating group) is 1. The summed E-state index contributed by atoms with van der Waals surface area (Å²) in [5, 5.41) is 11.6. The average Bonchev–Trinajstić information content (AvgIpc) is 2.93. The van der Waals surface area contributed by atoms with Crippen molar-refractivity contribution in [1.29, 1.82) is 0 Å². The van der Waals surface area contributed by atoms with Crippen LogP contribution in [0.25, 0.3) is 10.9 Å². The second-order valence-corrected chi connectivity index (χ2v) is 6.25. The second-order valence-electron chi connectivity index (χ2n) is 6.25. The molecule has 1 aliphatic rings. The van der Waals surface area contributed by atoms with Crippen molar-refractivity contribution in [3.05, 3.63) is 61.9 Å². The van der Waals surface area contributed by atoms with Crippen LogP contribution in [-0.2, 0) is 13.5 Å². The molecule has 24 heavy (non-hydrogen) atoms. The molecule has 0 bridgehead atoms. The number of H-pyrrole nitrogens is 2. The van der Waals surface area contributed by atoms with Crippen LogP contribution >= 0.6 is 0 Å². The summed E-state index contributed by atoms with van der Waals surface area (Å²) in [5.41, 5.74) is 2.05. The molecule has 3 heterocycles. The van der Waals surface area contributed by atoms with E-state index in [1.54, 1.807) is 0 Å². The third kappa shape index (κ3) is 1.94. The Morgan fingerprint density at radius 1 is 1.17 bits per heavy atom. The lowest BCUT2D eigenvalue weighted by Crippen LogP contribution is -2.39. The van der Waals surface area contributed by atoms with Crippen LogP contribution in [0.4, 0.5) is 0 Å². The molecule has 0 unspecified atom stereocenters. The van der Waals surface area contributed by atoms with E-state index >= 15 is 0 Å². The Morgan fingerprint density at radius 3 is 2.71 bits per heavy atom. The third-order valence-corrected chi connectivity index (χ3v) is 4.88. The van der Waals surface area contributed by atoms with E-state index in [1.165, 1.54) is 7.05 Å². The fourth-order valence-corrected chi connectivity index (χ4v) is 3.60. The number of aromatic nitrogens is 3. The zero-order valence-electron chi connectivity index (χ0n) is 13.5. The monoisotopic (exact) mass is 326 g/mol. The van der Waals surface area contributed by atoms with E-state index in [-0.39, 0.29) is 11.4 Å². The van der Waals surface area contributed by atoms with E-state index in [4.69, 9.17) is 0 Å². The van der Waals surface area contributed by atoms with Crippen LogP contribution in [0, 0.1) is 0 Å². The first-order valence-corrected chi connectivity index (χ1v) is 7.81. The van der Waals surface area contributed by atoms with Crippen LogP contribution in [0.5, 0.6) is 5.88 Å². The maximum atomic E-state index is 12.4. The second kappa shape index (κ2) is 5.10. The van der Waals surface area contributed by atoms with Gasteiger partial charge in [-0.2, -0.15) is 0 Å². The molecule has 2 aromatic heterocycles. The highest BCUT2D eigenvalue weighted by Crippen LogP contribution is 2.38. The first kappa shape index (κ1) is 14.8. The lowest BCUT2D eigenvalue weighted by atomic mass is 9.94. The Hall–Kier alpha value is -2.80. The van der Waals surface area contributed by atoms with Gasteiger partial charge >= 0.3 is 5.69 Å². The van der Waals surface area contributed by atoms with E-state index in [0.717, 1.165) is 39.7 Å². The van der Waals surface area contributed by atoms with Gasteiger partial charge in [0.25, 0.3) is 5.56 Å². The van der Waals surface area contributed by atoms with Crippen molar-refractivity contribution in [2.45, 2.75) is 12.5 Å². The topological polar surface area (TPSA) is 94.1 Å². The number of hydrogen-bond acceptors (Lipinski definition) is 4. The predicted octanol–water partition coefficient (Wildman–Crippen LogP) is 0.838. The molecule has 4 rings (SSSR count). The van der Waals surface area contributed by atoms with Crippen molar-refractivity contribution in [2.75, 3.05) is 13.6 Å². The van der Waals surface area contributed by atoms with Crippen molar-refractivity contribution in [3.63, 3.8) is 0 Å². The molecule has 7 nitrogen and oxygen atoms in total. The molecule has 1 aromatic carbocycles. The Balaban J connectivity index is 2.03. The van der Waals surface area contributed by atoms with Crippen molar-refractivity contribution >= 4 is 10.9 Å². The molecule has 0 radical (unpaired) electrons. The average molecular weight is 326 g/mol. The molecule has 0 spiro atoms. The Morgan fingerprint density at radius 2 is 1.92 bits per heavy atom. The summed E-state index contributed by atoms with van der Waals surface area (Å²) in [5.74, 6) is -0.299. The van der Waals surface area contributed by atoms with Crippen molar-refractivity contribution in [2.24, 2.45) is 7.05 Å². The first-order valence-electron chi connectivity index (χ1n) is 7.81. The molecule has 0 saturated carbocycles. The van der Waals surface area contributed by atoms with Crippen LogP contribution in [0.1, 0.15) is 22.9 Å². The Bertz CT molecular complexity index is 1060. The van der Waals surface area contributed by atoms with Gasteiger partial charge in [-0.3, -0.25) is 19.2 Å². The van der Waals surface area contributed by atoms with E-state index in [1.807, 2.05) is 30.1 Å². The van der Waals surface area contributed by atoms with Gasteiger partial charge in [-0.15, -0.1) is 0 Å². The molecule has 7 heteroatoms. The fourth-order valence-electron chi connectivity index (χ4n) is 3.60. The minimum Gasteiger partial charge on any atom is -0.494 e. The molecule has 0 aliphatic carbocycles. The molecule has 1 atom stereocenters. The molecule has 124 valence electrons. The van der Waals surface area contributed by atoms with Gasteiger partial charge in [-0.1, -0.05) is 18.2 Å². The zero-order valence-corrected chi connectivity index (χ0v) is 13.5. The quantitative estimate of drug-likeness (QED) is 0.617. The molecule has 1 aliphatic heterocycles. The first-order chi connectivity index (χ1) is 11.5. The van der Waals surface area contributed by atoms with E-state index < -0.39 is 17.3 Å². The molecule has 3 aromatic rings. The van der Waals surface area contributed by atoms with Crippen LogP contribution in [0.2, 0.25) is 0 Å². The maximum Gasteiger partial charge on any atom is 0.330 e.